The molecule has 20 heavy (non-hydrogen) atoms. The Balaban J connectivity index is 1.91. The predicted octanol–water partition coefficient (Wildman–Crippen LogP) is 3.05. The zero-order chi connectivity index (χ0) is 14.6. The SMILES string of the molecule is CC(C)CNCc1ccc(N2CCOC(C)(C)C2)cc1. The number of anilines is 1. The summed E-state index contributed by atoms with van der Waals surface area (Å²) in [5.74, 6) is 0.699. The quantitative estimate of drug-likeness (QED) is 0.894. The summed E-state index contributed by atoms with van der Waals surface area (Å²) in [4.78, 5) is 2.41. The molecule has 1 aromatic carbocycles. The third-order valence-corrected chi connectivity index (χ3v) is 3.61. The van der Waals surface area contributed by atoms with E-state index in [0.717, 1.165) is 32.8 Å². The summed E-state index contributed by atoms with van der Waals surface area (Å²) in [6, 6.07) is 8.91. The Bertz CT molecular complexity index is 412. The van der Waals surface area contributed by atoms with Crippen LogP contribution in [0.25, 0.3) is 0 Å². The zero-order valence-electron chi connectivity index (χ0n) is 13.3. The molecule has 1 aliphatic rings. The number of ether oxygens (including phenoxy) is 1. The molecule has 1 aromatic rings. The number of nitrogens with zero attached hydrogens (tertiary/aromatic N) is 1. The first-order valence-corrected chi connectivity index (χ1v) is 7.65. The van der Waals surface area contributed by atoms with Gasteiger partial charge < -0.3 is 15.0 Å². The van der Waals surface area contributed by atoms with Crippen molar-refractivity contribution in [3.05, 3.63) is 29.8 Å². The average molecular weight is 276 g/mol. The number of nitrogens with one attached hydrogen (secondary N) is 1. The van der Waals surface area contributed by atoms with E-state index in [9.17, 15) is 0 Å². The van der Waals surface area contributed by atoms with E-state index < -0.39 is 0 Å². The van der Waals surface area contributed by atoms with Crippen molar-refractivity contribution < 1.29 is 4.74 Å². The molecule has 1 fully saturated rings. The van der Waals surface area contributed by atoms with Crippen molar-refractivity contribution in [1.82, 2.24) is 5.32 Å². The maximum Gasteiger partial charge on any atom is 0.0801 e. The highest BCUT2D eigenvalue weighted by Gasteiger charge is 2.27. The van der Waals surface area contributed by atoms with Crippen LogP contribution in [0.3, 0.4) is 0 Å². The summed E-state index contributed by atoms with van der Waals surface area (Å²) in [6.45, 7) is 13.5. The molecule has 0 unspecified atom stereocenters. The fourth-order valence-electron chi connectivity index (χ4n) is 2.57. The first kappa shape index (κ1) is 15.3. The second kappa shape index (κ2) is 6.59. The van der Waals surface area contributed by atoms with Gasteiger partial charge in [0.2, 0.25) is 0 Å². The van der Waals surface area contributed by atoms with Crippen LogP contribution in [0.15, 0.2) is 24.3 Å². The molecule has 0 aliphatic carbocycles. The third kappa shape index (κ3) is 4.50. The molecule has 112 valence electrons. The molecule has 2 rings (SSSR count). The number of morpholine rings is 1. The smallest absolute Gasteiger partial charge is 0.0801 e. The fourth-order valence-corrected chi connectivity index (χ4v) is 2.57. The summed E-state index contributed by atoms with van der Waals surface area (Å²) in [6.07, 6.45) is 0. The highest BCUT2D eigenvalue weighted by atomic mass is 16.5. The Kier molecular flexibility index (Phi) is 5.06. The van der Waals surface area contributed by atoms with Crippen LogP contribution >= 0.6 is 0 Å². The van der Waals surface area contributed by atoms with Crippen LogP contribution in [0.2, 0.25) is 0 Å². The minimum Gasteiger partial charge on any atom is -0.372 e. The fraction of sp³-hybridized carbons (Fsp3) is 0.647. The molecule has 0 amide bonds. The summed E-state index contributed by atoms with van der Waals surface area (Å²) in [5, 5.41) is 3.48. The molecule has 0 bridgehead atoms. The van der Waals surface area contributed by atoms with Gasteiger partial charge in [-0.1, -0.05) is 26.0 Å². The van der Waals surface area contributed by atoms with Crippen molar-refractivity contribution in [2.75, 3.05) is 31.1 Å². The van der Waals surface area contributed by atoms with Crippen LogP contribution in [0, 0.1) is 5.92 Å². The summed E-state index contributed by atoms with van der Waals surface area (Å²) >= 11 is 0. The van der Waals surface area contributed by atoms with Crippen LogP contribution < -0.4 is 10.2 Å². The molecule has 3 heteroatoms. The van der Waals surface area contributed by atoms with Crippen molar-refractivity contribution >= 4 is 5.69 Å². The van der Waals surface area contributed by atoms with Gasteiger partial charge in [0.05, 0.1) is 12.2 Å². The van der Waals surface area contributed by atoms with E-state index in [4.69, 9.17) is 4.74 Å². The minimum atomic E-state index is -0.0459. The first-order chi connectivity index (χ1) is 9.46. The minimum absolute atomic E-state index is 0.0459. The van der Waals surface area contributed by atoms with Gasteiger partial charge in [-0.15, -0.1) is 0 Å². The molecule has 0 saturated carbocycles. The van der Waals surface area contributed by atoms with Gasteiger partial charge >= 0.3 is 0 Å². The molecule has 1 heterocycles. The molecular weight excluding hydrogens is 248 g/mol. The lowest BCUT2D eigenvalue weighted by molar-refractivity contribution is -0.0276. The van der Waals surface area contributed by atoms with Crippen molar-refractivity contribution in [3.8, 4) is 0 Å². The van der Waals surface area contributed by atoms with Gasteiger partial charge in [0, 0.05) is 25.3 Å². The lowest BCUT2D eigenvalue weighted by Gasteiger charge is -2.39. The molecule has 0 spiro atoms. The van der Waals surface area contributed by atoms with Crippen LogP contribution in [0.1, 0.15) is 33.3 Å². The summed E-state index contributed by atoms with van der Waals surface area (Å²) in [5.41, 5.74) is 2.60. The van der Waals surface area contributed by atoms with Crippen molar-refractivity contribution in [3.63, 3.8) is 0 Å². The Hall–Kier alpha value is -1.06. The molecule has 1 N–H and O–H groups in total. The van der Waals surface area contributed by atoms with Gasteiger partial charge in [-0.3, -0.25) is 0 Å². The van der Waals surface area contributed by atoms with Crippen LogP contribution in [-0.4, -0.2) is 31.8 Å². The standard InChI is InChI=1S/C17H28N2O/c1-14(2)11-18-12-15-5-7-16(8-6-15)19-9-10-20-17(3,4)13-19/h5-8,14,18H,9-13H2,1-4H3. The zero-order valence-corrected chi connectivity index (χ0v) is 13.3. The molecule has 1 aliphatic heterocycles. The molecule has 1 saturated heterocycles. The Morgan fingerprint density at radius 1 is 1.25 bits per heavy atom. The van der Waals surface area contributed by atoms with E-state index in [2.05, 4.69) is 62.2 Å². The summed E-state index contributed by atoms with van der Waals surface area (Å²) < 4.78 is 5.76. The van der Waals surface area contributed by atoms with Gasteiger partial charge in [-0.2, -0.15) is 0 Å². The number of hydrogen-bond acceptors (Lipinski definition) is 3. The second-order valence-corrected chi connectivity index (χ2v) is 6.72. The van der Waals surface area contributed by atoms with Crippen molar-refractivity contribution in [2.24, 2.45) is 5.92 Å². The van der Waals surface area contributed by atoms with E-state index in [1.165, 1.54) is 11.3 Å². The van der Waals surface area contributed by atoms with E-state index in [0.29, 0.717) is 5.92 Å². The van der Waals surface area contributed by atoms with E-state index in [1.807, 2.05) is 0 Å². The van der Waals surface area contributed by atoms with Gasteiger partial charge in [0.15, 0.2) is 0 Å². The van der Waals surface area contributed by atoms with Gasteiger partial charge in [-0.25, -0.2) is 0 Å². The predicted molar refractivity (Wildman–Crippen MR) is 85.2 cm³/mol. The number of benzene rings is 1. The lowest BCUT2D eigenvalue weighted by Crippen LogP contribution is -2.48. The Morgan fingerprint density at radius 2 is 1.95 bits per heavy atom. The normalized spacial score (nSPS) is 18.6. The van der Waals surface area contributed by atoms with E-state index >= 15 is 0 Å². The molecule has 0 aromatic heterocycles. The van der Waals surface area contributed by atoms with Crippen LogP contribution in [0.5, 0.6) is 0 Å². The molecule has 3 nitrogen and oxygen atoms in total. The highest BCUT2D eigenvalue weighted by Crippen LogP contribution is 2.23. The Morgan fingerprint density at radius 3 is 2.55 bits per heavy atom. The summed E-state index contributed by atoms with van der Waals surface area (Å²) in [7, 11) is 0. The monoisotopic (exact) mass is 276 g/mol. The molecule has 0 atom stereocenters. The Labute approximate surface area is 123 Å². The van der Waals surface area contributed by atoms with Gasteiger partial charge in [0.25, 0.3) is 0 Å². The molecule has 0 radical (unpaired) electrons. The maximum absolute atomic E-state index is 5.76. The van der Waals surface area contributed by atoms with Gasteiger partial charge in [-0.05, 0) is 44.0 Å². The largest absolute Gasteiger partial charge is 0.372 e. The highest BCUT2D eigenvalue weighted by molar-refractivity contribution is 5.48. The maximum atomic E-state index is 5.76. The van der Waals surface area contributed by atoms with E-state index in [-0.39, 0.29) is 5.60 Å². The van der Waals surface area contributed by atoms with Gasteiger partial charge in [0.1, 0.15) is 0 Å². The van der Waals surface area contributed by atoms with E-state index in [1.54, 1.807) is 0 Å². The molecular formula is C17H28N2O. The topological polar surface area (TPSA) is 24.5 Å². The number of rotatable bonds is 5. The average Bonchev–Trinajstić information content (AvgIpc) is 2.38. The third-order valence-electron chi connectivity index (χ3n) is 3.61. The number of hydrogen-bond donors (Lipinski definition) is 1. The van der Waals surface area contributed by atoms with Crippen LogP contribution in [-0.2, 0) is 11.3 Å². The first-order valence-electron chi connectivity index (χ1n) is 7.65. The van der Waals surface area contributed by atoms with Crippen molar-refractivity contribution in [2.45, 2.75) is 39.8 Å². The second-order valence-electron chi connectivity index (χ2n) is 6.72. The lowest BCUT2D eigenvalue weighted by atomic mass is 10.1. The van der Waals surface area contributed by atoms with Crippen LogP contribution in [0.4, 0.5) is 5.69 Å². The van der Waals surface area contributed by atoms with Crippen molar-refractivity contribution in [1.29, 1.82) is 0 Å².